The van der Waals surface area contributed by atoms with Crippen LogP contribution in [0.1, 0.15) is 32.6 Å². The van der Waals surface area contributed by atoms with Crippen LogP contribution in [0.15, 0.2) is 0 Å². The first-order valence-corrected chi connectivity index (χ1v) is 6.99. The Hall–Kier alpha value is -1.30. The molecule has 0 aromatic carbocycles. The molecule has 0 bridgehead atoms. The first kappa shape index (κ1) is 14.1. The van der Waals surface area contributed by atoms with Gasteiger partial charge in [0.25, 0.3) is 0 Å². The van der Waals surface area contributed by atoms with E-state index in [1.54, 1.807) is 4.90 Å². The predicted octanol–water partition coefficient (Wildman–Crippen LogP) is 0.748. The second-order valence-electron chi connectivity index (χ2n) is 5.52. The van der Waals surface area contributed by atoms with Crippen LogP contribution in [0.4, 0.5) is 4.79 Å². The zero-order valence-electron chi connectivity index (χ0n) is 11.3. The van der Waals surface area contributed by atoms with Gasteiger partial charge in [0.1, 0.15) is 6.04 Å². The number of likely N-dealkylation sites (tertiary alicyclic amines) is 2. The molecule has 0 saturated carbocycles. The molecule has 2 atom stereocenters. The van der Waals surface area contributed by atoms with E-state index in [0.29, 0.717) is 19.0 Å². The second-order valence-corrected chi connectivity index (χ2v) is 5.52. The Morgan fingerprint density at radius 3 is 2.42 bits per heavy atom. The van der Waals surface area contributed by atoms with E-state index in [0.717, 1.165) is 19.3 Å². The molecule has 108 valence electrons. The molecule has 2 amide bonds. The molecule has 2 aliphatic rings. The van der Waals surface area contributed by atoms with Crippen molar-refractivity contribution >= 4 is 12.0 Å². The third-order valence-corrected chi connectivity index (χ3v) is 4.27. The number of aliphatic hydroxyl groups is 1. The summed E-state index contributed by atoms with van der Waals surface area (Å²) >= 11 is 0. The summed E-state index contributed by atoms with van der Waals surface area (Å²) in [7, 11) is 0. The van der Waals surface area contributed by atoms with E-state index >= 15 is 0 Å². The maximum atomic E-state index is 12.3. The summed E-state index contributed by atoms with van der Waals surface area (Å²) in [5, 5.41) is 18.7. The van der Waals surface area contributed by atoms with Crippen LogP contribution in [-0.4, -0.2) is 63.8 Å². The third-order valence-electron chi connectivity index (χ3n) is 4.27. The number of carbonyl (C=O) groups excluding carboxylic acids is 1. The summed E-state index contributed by atoms with van der Waals surface area (Å²) in [5.74, 6) is -0.364. The number of aliphatic carboxylic acids is 1. The van der Waals surface area contributed by atoms with Gasteiger partial charge in [0, 0.05) is 26.1 Å². The number of rotatable bonds is 2. The summed E-state index contributed by atoms with van der Waals surface area (Å²) < 4.78 is 0. The Bertz CT molecular complexity index is 353. The molecular weight excluding hydrogens is 248 g/mol. The molecule has 2 heterocycles. The lowest BCUT2D eigenvalue weighted by Crippen LogP contribution is -2.50. The molecule has 0 spiro atoms. The van der Waals surface area contributed by atoms with E-state index in [1.807, 2.05) is 0 Å². The van der Waals surface area contributed by atoms with E-state index in [1.165, 1.54) is 4.90 Å². The van der Waals surface area contributed by atoms with E-state index in [9.17, 15) is 14.7 Å². The number of β-amino-alcohol motifs (C(OH)–C–C–N with tert-alkyl or cyclic N) is 1. The molecule has 19 heavy (non-hydrogen) atoms. The zero-order chi connectivity index (χ0) is 14.0. The Labute approximate surface area is 113 Å². The van der Waals surface area contributed by atoms with Gasteiger partial charge in [-0.2, -0.15) is 0 Å². The van der Waals surface area contributed by atoms with E-state index in [2.05, 4.69) is 6.92 Å². The average Bonchev–Trinajstić information content (AvgIpc) is 2.80. The number of carboxylic acids is 1. The quantitative estimate of drug-likeness (QED) is 0.776. The van der Waals surface area contributed by atoms with Gasteiger partial charge in [0.15, 0.2) is 0 Å². The standard InChI is InChI=1S/C13H22N2O4/c1-2-9-3-5-14(6-4-9)13(19)15-8-10(16)7-11(15)12(17)18/h9-11,16H,2-8H2,1H3,(H,17,18)/t10?,11-/m0/s1. The van der Waals surface area contributed by atoms with Crippen LogP contribution in [0, 0.1) is 5.92 Å². The minimum Gasteiger partial charge on any atom is -0.480 e. The second kappa shape index (κ2) is 5.77. The van der Waals surface area contributed by atoms with Gasteiger partial charge in [-0.25, -0.2) is 9.59 Å². The molecule has 6 heteroatoms. The average molecular weight is 270 g/mol. The number of carbonyl (C=O) groups is 2. The minimum atomic E-state index is -1.03. The highest BCUT2D eigenvalue weighted by Crippen LogP contribution is 2.24. The summed E-state index contributed by atoms with van der Waals surface area (Å²) in [6.07, 6.45) is 2.50. The van der Waals surface area contributed by atoms with Crippen LogP contribution >= 0.6 is 0 Å². The van der Waals surface area contributed by atoms with Gasteiger partial charge in [-0.05, 0) is 18.8 Å². The van der Waals surface area contributed by atoms with Gasteiger partial charge in [-0.3, -0.25) is 0 Å². The van der Waals surface area contributed by atoms with Crippen molar-refractivity contribution in [1.82, 2.24) is 9.80 Å². The molecule has 0 aliphatic carbocycles. The van der Waals surface area contributed by atoms with Gasteiger partial charge < -0.3 is 20.0 Å². The van der Waals surface area contributed by atoms with Crippen molar-refractivity contribution in [2.45, 2.75) is 44.8 Å². The van der Waals surface area contributed by atoms with E-state index in [-0.39, 0.29) is 19.0 Å². The lowest BCUT2D eigenvalue weighted by molar-refractivity contribution is -0.141. The number of hydrogen-bond donors (Lipinski definition) is 2. The lowest BCUT2D eigenvalue weighted by Gasteiger charge is -2.35. The molecule has 0 aromatic rings. The fourth-order valence-corrected chi connectivity index (χ4v) is 2.97. The first-order chi connectivity index (χ1) is 9.02. The lowest BCUT2D eigenvalue weighted by atomic mass is 9.95. The summed E-state index contributed by atoms with van der Waals surface area (Å²) in [4.78, 5) is 26.5. The molecule has 2 fully saturated rings. The minimum absolute atomic E-state index is 0.128. The van der Waals surface area contributed by atoms with Gasteiger partial charge in [0.05, 0.1) is 6.10 Å². The van der Waals surface area contributed by atoms with Crippen molar-refractivity contribution in [2.24, 2.45) is 5.92 Å². The Kier molecular flexibility index (Phi) is 4.29. The van der Waals surface area contributed by atoms with Crippen molar-refractivity contribution in [3.63, 3.8) is 0 Å². The molecule has 2 N–H and O–H groups in total. The highest BCUT2D eigenvalue weighted by atomic mass is 16.4. The summed E-state index contributed by atoms with van der Waals surface area (Å²) in [6.45, 7) is 3.66. The van der Waals surface area contributed by atoms with Crippen LogP contribution in [0.2, 0.25) is 0 Å². The van der Waals surface area contributed by atoms with Crippen molar-refractivity contribution in [3.05, 3.63) is 0 Å². The first-order valence-electron chi connectivity index (χ1n) is 6.99. The Balaban J connectivity index is 1.97. The summed E-state index contributed by atoms with van der Waals surface area (Å²) in [6, 6.07) is -1.12. The van der Waals surface area contributed by atoms with Crippen molar-refractivity contribution < 1.29 is 19.8 Å². The number of nitrogens with zero attached hydrogens (tertiary/aromatic N) is 2. The van der Waals surface area contributed by atoms with Crippen LogP contribution in [0.3, 0.4) is 0 Å². The molecule has 1 unspecified atom stereocenters. The van der Waals surface area contributed by atoms with Crippen molar-refractivity contribution in [3.8, 4) is 0 Å². The monoisotopic (exact) mass is 270 g/mol. The van der Waals surface area contributed by atoms with Crippen LogP contribution in [0.25, 0.3) is 0 Å². The maximum absolute atomic E-state index is 12.3. The molecule has 2 rings (SSSR count). The fraction of sp³-hybridized carbons (Fsp3) is 0.846. The Morgan fingerprint density at radius 1 is 1.26 bits per heavy atom. The van der Waals surface area contributed by atoms with Gasteiger partial charge >= 0.3 is 12.0 Å². The number of hydrogen-bond acceptors (Lipinski definition) is 3. The Morgan fingerprint density at radius 2 is 1.89 bits per heavy atom. The fourth-order valence-electron chi connectivity index (χ4n) is 2.97. The molecule has 0 radical (unpaired) electrons. The SMILES string of the molecule is CCC1CCN(C(=O)N2CC(O)C[C@H]2C(=O)O)CC1. The van der Waals surface area contributed by atoms with Crippen molar-refractivity contribution in [1.29, 1.82) is 0 Å². The predicted molar refractivity (Wildman–Crippen MR) is 68.7 cm³/mol. The van der Waals surface area contributed by atoms with E-state index in [4.69, 9.17) is 5.11 Å². The summed E-state index contributed by atoms with van der Waals surface area (Å²) in [5.41, 5.74) is 0. The maximum Gasteiger partial charge on any atom is 0.326 e. The van der Waals surface area contributed by atoms with Crippen LogP contribution in [0.5, 0.6) is 0 Å². The normalized spacial score (nSPS) is 28.7. The van der Waals surface area contributed by atoms with E-state index < -0.39 is 18.1 Å². The number of piperidine rings is 1. The van der Waals surface area contributed by atoms with Gasteiger partial charge in [0.2, 0.25) is 0 Å². The van der Waals surface area contributed by atoms with Crippen LogP contribution < -0.4 is 0 Å². The third kappa shape index (κ3) is 3.00. The van der Waals surface area contributed by atoms with Crippen LogP contribution in [-0.2, 0) is 4.79 Å². The topological polar surface area (TPSA) is 81.1 Å². The van der Waals surface area contributed by atoms with Gasteiger partial charge in [-0.15, -0.1) is 0 Å². The molecule has 2 saturated heterocycles. The smallest absolute Gasteiger partial charge is 0.326 e. The number of amides is 2. The highest BCUT2D eigenvalue weighted by molar-refractivity contribution is 5.83. The zero-order valence-corrected chi connectivity index (χ0v) is 11.3. The van der Waals surface area contributed by atoms with Gasteiger partial charge in [-0.1, -0.05) is 13.3 Å². The number of carboxylic acid groups (broad SMARTS) is 1. The molecule has 6 nitrogen and oxygen atoms in total. The largest absolute Gasteiger partial charge is 0.480 e. The van der Waals surface area contributed by atoms with Crippen molar-refractivity contribution in [2.75, 3.05) is 19.6 Å². The molecule has 0 aromatic heterocycles. The number of aliphatic hydroxyl groups excluding tert-OH is 1. The molecule has 2 aliphatic heterocycles. The molecular formula is C13H22N2O4. The number of urea groups is 1. The highest BCUT2D eigenvalue weighted by Gasteiger charge is 2.41.